The summed E-state index contributed by atoms with van der Waals surface area (Å²) in [5, 5.41) is 0.621. The number of benzene rings is 2. The van der Waals surface area contributed by atoms with E-state index < -0.39 is 15.6 Å². The maximum atomic E-state index is 12.9. The van der Waals surface area contributed by atoms with E-state index >= 15 is 0 Å². The molecule has 0 radical (unpaired) electrons. The van der Waals surface area contributed by atoms with Crippen molar-refractivity contribution in [3.63, 3.8) is 0 Å². The third-order valence-corrected chi connectivity index (χ3v) is 6.05. The first-order valence-electron chi connectivity index (χ1n) is 9.17. The molecule has 0 aromatic heterocycles. The fourth-order valence-corrected chi connectivity index (χ4v) is 4.17. The van der Waals surface area contributed by atoms with E-state index in [2.05, 4.69) is 4.72 Å². The van der Waals surface area contributed by atoms with Crippen LogP contribution in [0.5, 0.6) is 5.75 Å². The first-order chi connectivity index (χ1) is 13.4. The summed E-state index contributed by atoms with van der Waals surface area (Å²) in [6.07, 6.45) is 0. The summed E-state index contributed by atoms with van der Waals surface area (Å²) >= 11 is 5.84. The first-order valence-corrected chi connectivity index (χ1v) is 11.0. The molecule has 2 rings (SSSR count). The molecule has 0 heterocycles. The van der Waals surface area contributed by atoms with Crippen LogP contribution in [0.1, 0.15) is 36.7 Å². The largest absolute Gasteiger partial charge is 0.492 e. The third-order valence-electron chi connectivity index (χ3n) is 4.05. The van der Waals surface area contributed by atoms with E-state index in [0.717, 1.165) is 0 Å². The van der Waals surface area contributed by atoms with Crippen LogP contribution in [0.15, 0.2) is 47.4 Å². The monoisotopic (exact) mass is 438 g/mol. The van der Waals surface area contributed by atoms with Crippen LogP contribution in [0.4, 0.5) is 0 Å². The topological polar surface area (TPSA) is 75.7 Å². The van der Waals surface area contributed by atoms with Gasteiger partial charge in [-0.3, -0.25) is 4.79 Å². The molecule has 6 nitrogen and oxygen atoms in total. The summed E-state index contributed by atoms with van der Waals surface area (Å²) in [7, 11) is -2.07. The number of hydrogen-bond donors (Lipinski definition) is 1. The molecular formula is C21H27ClN2O4S. The molecule has 2 aromatic rings. The Morgan fingerprint density at radius 3 is 2.34 bits per heavy atom. The van der Waals surface area contributed by atoms with Crippen LogP contribution in [-0.2, 0) is 10.0 Å². The minimum absolute atomic E-state index is 0.0622. The molecule has 1 N–H and O–H groups in total. The van der Waals surface area contributed by atoms with Crippen molar-refractivity contribution >= 4 is 27.5 Å². The summed E-state index contributed by atoms with van der Waals surface area (Å²) in [6.45, 7) is 7.71. The number of nitrogens with one attached hydrogen (secondary N) is 1. The Balaban J connectivity index is 2.10. The molecule has 0 bridgehead atoms. The third kappa shape index (κ3) is 6.73. The van der Waals surface area contributed by atoms with Gasteiger partial charge in [-0.25, -0.2) is 13.1 Å². The number of rotatable bonds is 7. The quantitative estimate of drug-likeness (QED) is 0.711. The number of sulfonamides is 1. The van der Waals surface area contributed by atoms with Gasteiger partial charge in [0.2, 0.25) is 10.0 Å². The van der Waals surface area contributed by atoms with Gasteiger partial charge in [-0.05, 0) is 69.7 Å². The van der Waals surface area contributed by atoms with Gasteiger partial charge in [0.15, 0.2) is 0 Å². The zero-order chi connectivity index (χ0) is 21.8. The van der Waals surface area contributed by atoms with E-state index in [9.17, 15) is 13.2 Å². The molecule has 0 fully saturated rings. The van der Waals surface area contributed by atoms with E-state index in [-0.39, 0.29) is 10.8 Å². The molecule has 0 aliphatic heterocycles. The lowest BCUT2D eigenvalue weighted by molar-refractivity contribution is 0.0773. The Labute approximate surface area is 177 Å². The average molecular weight is 439 g/mol. The molecule has 29 heavy (non-hydrogen) atoms. The summed E-state index contributed by atoms with van der Waals surface area (Å²) in [5.41, 5.74) is 0.426. The first kappa shape index (κ1) is 23.2. The molecule has 158 valence electrons. The second kappa shape index (κ2) is 9.15. The maximum Gasteiger partial charge on any atom is 0.254 e. The summed E-state index contributed by atoms with van der Waals surface area (Å²) < 4.78 is 33.4. The summed E-state index contributed by atoms with van der Waals surface area (Å²) in [5.74, 6) is 0.391. The highest BCUT2D eigenvalue weighted by Gasteiger charge is 2.24. The van der Waals surface area contributed by atoms with Crippen LogP contribution in [0, 0.1) is 6.92 Å². The van der Waals surface area contributed by atoms with Gasteiger partial charge in [-0.1, -0.05) is 17.7 Å². The van der Waals surface area contributed by atoms with E-state index in [0.29, 0.717) is 35.1 Å². The molecule has 2 aromatic carbocycles. The lowest BCUT2D eigenvalue weighted by atomic mass is 10.1. The Hall–Kier alpha value is -2.09. The fraction of sp³-hybridized carbons (Fsp3) is 0.381. The normalized spacial score (nSPS) is 11.9. The van der Waals surface area contributed by atoms with Crippen LogP contribution in [0.3, 0.4) is 0 Å². The Morgan fingerprint density at radius 2 is 1.76 bits per heavy atom. The van der Waals surface area contributed by atoms with Crippen LogP contribution < -0.4 is 9.46 Å². The van der Waals surface area contributed by atoms with E-state index in [1.54, 1.807) is 65.1 Å². The van der Waals surface area contributed by atoms with Gasteiger partial charge in [-0.15, -0.1) is 0 Å². The summed E-state index contributed by atoms with van der Waals surface area (Å²) in [4.78, 5) is 14.4. The van der Waals surface area contributed by atoms with Crippen molar-refractivity contribution in [1.82, 2.24) is 9.62 Å². The van der Waals surface area contributed by atoms with Gasteiger partial charge >= 0.3 is 0 Å². The molecule has 0 aliphatic rings. The molecule has 0 saturated heterocycles. The number of ether oxygens (including phenoxy) is 1. The van der Waals surface area contributed by atoms with Crippen LogP contribution >= 0.6 is 11.6 Å². The van der Waals surface area contributed by atoms with Gasteiger partial charge in [-0.2, -0.15) is 0 Å². The van der Waals surface area contributed by atoms with Gasteiger partial charge in [0.1, 0.15) is 12.4 Å². The zero-order valence-electron chi connectivity index (χ0n) is 17.3. The standard InChI is InChI=1S/C21H27ClN2O4S/c1-15-6-11-18(29(26,27)23-21(2,3)4)14-19(15)20(25)24(5)12-13-28-17-9-7-16(22)8-10-17/h6-11,14,23H,12-13H2,1-5H3. The van der Waals surface area contributed by atoms with Crippen molar-refractivity contribution in [2.75, 3.05) is 20.2 Å². The van der Waals surface area contributed by atoms with Crippen molar-refractivity contribution in [3.05, 3.63) is 58.6 Å². The lowest BCUT2D eigenvalue weighted by Gasteiger charge is -2.22. The lowest BCUT2D eigenvalue weighted by Crippen LogP contribution is -2.40. The van der Waals surface area contributed by atoms with Crippen molar-refractivity contribution in [1.29, 1.82) is 0 Å². The molecule has 0 aliphatic carbocycles. The van der Waals surface area contributed by atoms with Gasteiger partial charge in [0.05, 0.1) is 11.4 Å². The zero-order valence-corrected chi connectivity index (χ0v) is 18.9. The SMILES string of the molecule is Cc1ccc(S(=O)(=O)NC(C)(C)C)cc1C(=O)N(C)CCOc1ccc(Cl)cc1. The van der Waals surface area contributed by atoms with Crippen molar-refractivity contribution < 1.29 is 17.9 Å². The van der Waals surface area contributed by atoms with Gasteiger partial charge in [0.25, 0.3) is 5.91 Å². The molecule has 1 amide bonds. The number of carbonyl (C=O) groups is 1. The van der Waals surface area contributed by atoms with E-state index in [1.165, 1.54) is 17.0 Å². The van der Waals surface area contributed by atoms with E-state index in [1.807, 2.05) is 0 Å². The highest BCUT2D eigenvalue weighted by atomic mass is 35.5. The maximum absolute atomic E-state index is 12.9. The summed E-state index contributed by atoms with van der Waals surface area (Å²) in [6, 6.07) is 11.5. The Bertz CT molecular complexity index is 967. The molecule has 0 saturated carbocycles. The average Bonchev–Trinajstić information content (AvgIpc) is 2.61. The number of halogens is 1. The number of likely N-dealkylation sites (N-methyl/N-ethyl adjacent to an activating group) is 1. The number of nitrogens with zero attached hydrogens (tertiary/aromatic N) is 1. The molecule has 0 unspecified atom stereocenters. The molecule has 0 spiro atoms. The van der Waals surface area contributed by atoms with Gasteiger partial charge < -0.3 is 9.64 Å². The molecule has 8 heteroatoms. The second-order valence-electron chi connectivity index (χ2n) is 7.86. The Morgan fingerprint density at radius 1 is 1.14 bits per heavy atom. The van der Waals surface area contributed by atoms with Crippen molar-refractivity contribution in [2.45, 2.75) is 38.1 Å². The van der Waals surface area contributed by atoms with Crippen LogP contribution in [0.2, 0.25) is 5.02 Å². The minimum Gasteiger partial charge on any atom is -0.492 e. The van der Waals surface area contributed by atoms with Crippen LogP contribution in [0.25, 0.3) is 0 Å². The number of amides is 1. The predicted molar refractivity (Wildman–Crippen MR) is 115 cm³/mol. The number of hydrogen-bond acceptors (Lipinski definition) is 4. The number of aryl methyl sites for hydroxylation is 1. The highest BCUT2D eigenvalue weighted by Crippen LogP contribution is 2.19. The van der Waals surface area contributed by atoms with Crippen LogP contribution in [-0.4, -0.2) is 45.0 Å². The van der Waals surface area contributed by atoms with Crippen molar-refractivity contribution in [3.8, 4) is 5.75 Å². The second-order valence-corrected chi connectivity index (χ2v) is 9.98. The molecular weight excluding hydrogens is 412 g/mol. The van der Waals surface area contributed by atoms with Gasteiger partial charge in [0, 0.05) is 23.2 Å². The fourth-order valence-electron chi connectivity index (χ4n) is 2.60. The van der Waals surface area contributed by atoms with Crippen molar-refractivity contribution in [2.24, 2.45) is 0 Å². The Kier molecular flexibility index (Phi) is 7.32. The molecule has 0 atom stereocenters. The number of carbonyl (C=O) groups excluding carboxylic acids is 1. The van der Waals surface area contributed by atoms with E-state index in [4.69, 9.17) is 16.3 Å². The predicted octanol–water partition coefficient (Wildman–Crippen LogP) is 3.88. The smallest absolute Gasteiger partial charge is 0.254 e. The minimum atomic E-state index is -3.73. The highest BCUT2D eigenvalue weighted by molar-refractivity contribution is 7.89.